The Morgan fingerprint density at radius 3 is 2.68 bits per heavy atom. The fourth-order valence-electron chi connectivity index (χ4n) is 2.88. The number of amides is 1. The maximum absolute atomic E-state index is 12.0. The molecule has 2 rings (SSSR count). The van der Waals surface area contributed by atoms with E-state index in [1.165, 1.54) is 0 Å². The lowest BCUT2D eigenvalue weighted by Crippen LogP contribution is -2.33. The normalized spacial score (nSPS) is 17.0. The third-order valence-electron chi connectivity index (χ3n) is 4.23. The molecule has 0 bridgehead atoms. The molecular formula is C19H26NO5-. The van der Waals surface area contributed by atoms with E-state index in [1.807, 2.05) is 25.1 Å². The van der Waals surface area contributed by atoms with E-state index in [4.69, 9.17) is 9.47 Å². The van der Waals surface area contributed by atoms with Gasteiger partial charge in [0.1, 0.15) is 0 Å². The number of aliphatic carboxylic acids is 1. The van der Waals surface area contributed by atoms with Gasteiger partial charge in [0.25, 0.3) is 0 Å². The monoisotopic (exact) mass is 348 g/mol. The molecule has 0 N–H and O–H groups in total. The number of benzene rings is 1. The van der Waals surface area contributed by atoms with Gasteiger partial charge in [-0.3, -0.25) is 4.79 Å². The van der Waals surface area contributed by atoms with E-state index in [9.17, 15) is 14.7 Å². The van der Waals surface area contributed by atoms with Crippen molar-refractivity contribution in [3.05, 3.63) is 23.8 Å². The molecule has 0 spiro atoms. The minimum Gasteiger partial charge on any atom is -0.550 e. The van der Waals surface area contributed by atoms with Crippen molar-refractivity contribution in [3.8, 4) is 11.5 Å². The third-order valence-corrected chi connectivity index (χ3v) is 4.23. The molecule has 6 nitrogen and oxygen atoms in total. The number of carbonyl (C=O) groups excluding carboxylic acids is 2. The lowest BCUT2D eigenvalue weighted by atomic mass is 10.1. The molecule has 1 aromatic carbocycles. The Morgan fingerprint density at radius 2 is 2.04 bits per heavy atom. The molecular weight excluding hydrogens is 322 g/mol. The van der Waals surface area contributed by atoms with Crippen LogP contribution in [0.15, 0.2) is 18.2 Å². The molecule has 1 aliphatic rings. The second-order valence-electron chi connectivity index (χ2n) is 6.26. The van der Waals surface area contributed by atoms with Crippen LogP contribution in [0.4, 0.5) is 0 Å². The van der Waals surface area contributed by atoms with Gasteiger partial charge in [0, 0.05) is 31.4 Å². The second kappa shape index (κ2) is 9.30. The van der Waals surface area contributed by atoms with Crippen molar-refractivity contribution >= 4 is 11.9 Å². The van der Waals surface area contributed by atoms with Gasteiger partial charge in [0.05, 0.1) is 13.2 Å². The number of carboxylic acids is 1. The highest BCUT2D eigenvalue weighted by atomic mass is 16.5. The van der Waals surface area contributed by atoms with E-state index in [2.05, 4.69) is 6.92 Å². The Hall–Kier alpha value is -2.24. The van der Waals surface area contributed by atoms with E-state index in [-0.39, 0.29) is 18.9 Å². The maximum atomic E-state index is 12.0. The standard InChI is InChI=1S/C19H27NO5/c1-3-5-6-9-25-16-8-7-14(10-17(16)24-4-2)12-20-13-15(19(22)23)11-18(20)21/h7-8,10,15H,3-6,9,11-13H2,1-2H3,(H,22,23)/p-1/t15-/m1/s1. The van der Waals surface area contributed by atoms with Gasteiger partial charge < -0.3 is 24.3 Å². The summed E-state index contributed by atoms with van der Waals surface area (Å²) in [6.07, 6.45) is 3.27. The average Bonchev–Trinajstić information content (AvgIpc) is 2.95. The number of hydrogen-bond donors (Lipinski definition) is 0. The first kappa shape index (κ1) is 19.1. The van der Waals surface area contributed by atoms with Crippen molar-refractivity contribution in [2.75, 3.05) is 19.8 Å². The maximum Gasteiger partial charge on any atom is 0.223 e. The molecule has 1 heterocycles. The number of rotatable bonds is 10. The summed E-state index contributed by atoms with van der Waals surface area (Å²) < 4.78 is 11.4. The molecule has 0 saturated carbocycles. The third kappa shape index (κ3) is 5.37. The molecule has 138 valence electrons. The summed E-state index contributed by atoms with van der Waals surface area (Å²) in [4.78, 5) is 24.5. The predicted octanol–water partition coefficient (Wildman–Crippen LogP) is 1.75. The molecule has 0 aliphatic carbocycles. The van der Waals surface area contributed by atoms with E-state index in [1.54, 1.807) is 4.90 Å². The van der Waals surface area contributed by atoms with Gasteiger partial charge in [0.15, 0.2) is 11.5 Å². The fraction of sp³-hybridized carbons (Fsp3) is 0.579. The highest BCUT2D eigenvalue weighted by Crippen LogP contribution is 2.30. The van der Waals surface area contributed by atoms with Crippen molar-refractivity contribution in [3.63, 3.8) is 0 Å². The molecule has 1 aliphatic heterocycles. The van der Waals surface area contributed by atoms with Gasteiger partial charge in [-0.2, -0.15) is 0 Å². The fourth-order valence-corrected chi connectivity index (χ4v) is 2.88. The topological polar surface area (TPSA) is 78.9 Å². The zero-order chi connectivity index (χ0) is 18.2. The van der Waals surface area contributed by atoms with Gasteiger partial charge >= 0.3 is 0 Å². The molecule has 0 unspecified atom stereocenters. The molecule has 1 aromatic rings. The summed E-state index contributed by atoms with van der Waals surface area (Å²) in [7, 11) is 0. The molecule has 1 saturated heterocycles. The predicted molar refractivity (Wildman–Crippen MR) is 91.2 cm³/mol. The quantitative estimate of drug-likeness (QED) is 0.602. The smallest absolute Gasteiger partial charge is 0.223 e. The number of carbonyl (C=O) groups is 2. The van der Waals surface area contributed by atoms with Crippen LogP contribution in [0, 0.1) is 5.92 Å². The average molecular weight is 348 g/mol. The Morgan fingerprint density at radius 1 is 1.24 bits per heavy atom. The number of likely N-dealkylation sites (tertiary alicyclic amines) is 1. The Balaban J connectivity index is 2.02. The van der Waals surface area contributed by atoms with E-state index >= 15 is 0 Å². The largest absolute Gasteiger partial charge is 0.550 e. The molecule has 0 radical (unpaired) electrons. The zero-order valence-electron chi connectivity index (χ0n) is 15.0. The first-order valence-electron chi connectivity index (χ1n) is 8.92. The van der Waals surface area contributed by atoms with Crippen LogP contribution in [0.1, 0.15) is 45.1 Å². The summed E-state index contributed by atoms with van der Waals surface area (Å²) in [5.74, 6) is -0.699. The van der Waals surface area contributed by atoms with Gasteiger partial charge in [0.2, 0.25) is 5.91 Å². The van der Waals surface area contributed by atoms with Crippen molar-refractivity contribution in [1.82, 2.24) is 4.90 Å². The minimum atomic E-state index is -1.17. The van der Waals surface area contributed by atoms with E-state index in [0.717, 1.165) is 24.8 Å². The number of nitrogens with zero attached hydrogens (tertiary/aromatic N) is 1. The van der Waals surface area contributed by atoms with Crippen LogP contribution >= 0.6 is 0 Å². The number of carboxylic acid groups (broad SMARTS) is 1. The molecule has 25 heavy (non-hydrogen) atoms. The molecule has 6 heteroatoms. The summed E-state index contributed by atoms with van der Waals surface area (Å²) in [6.45, 7) is 5.77. The summed E-state index contributed by atoms with van der Waals surface area (Å²) in [6, 6.07) is 5.60. The highest BCUT2D eigenvalue weighted by molar-refractivity contribution is 5.85. The zero-order valence-corrected chi connectivity index (χ0v) is 15.0. The van der Waals surface area contributed by atoms with Crippen LogP contribution in [-0.4, -0.2) is 36.5 Å². The van der Waals surface area contributed by atoms with Crippen molar-refractivity contribution in [2.45, 2.75) is 46.1 Å². The van der Waals surface area contributed by atoms with Gasteiger partial charge in [-0.1, -0.05) is 25.8 Å². The van der Waals surface area contributed by atoms with Crippen LogP contribution in [-0.2, 0) is 16.1 Å². The van der Waals surface area contributed by atoms with Crippen molar-refractivity contribution in [2.24, 2.45) is 5.92 Å². The molecule has 0 aromatic heterocycles. The van der Waals surface area contributed by atoms with Crippen molar-refractivity contribution < 1.29 is 24.2 Å². The lowest BCUT2D eigenvalue weighted by molar-refractivity contribution is -0.311. The van der Waals surface area contributed by atoms with Gasteiger partial charge in [-0.15, -0.1) is 0 Å². The second-order valence-corrected chi connectivity index (χ2v) is 6.26. The van der Waals surface area contributed by atoms with Crippen LogP contribution in [0.25, 0.3) is 0 Å². The van der Waals surface area contributed by atoms with Crippen LogP contribution < -0.4 is 14.6 Å². The van der Waals surface area contributed by atoms with E-state index < -0.39 is 11.9 Å². The van der Waals surface area contributed by atoms with Crippen LogP contribution in [0.5, 0.6) is 11.5 Å². The SMILES string of the molecule is CCCCCOc1ccc(CN2C[C@H](C(=O)[O-])CC2=O)cc1OCC. The molecule has 1 amide bonds. The first-order valence-corrected chi connectivity index (χ1v) is 8.92. The number of ether oxygens (including phenoxy) is 2. The Kier molecular flexibility index (Phi) is 7.10. The summed E-state index contributed by atoms with van der Waals surface area (Å²) in [5.41, 5.74) is 0.886. The minimum absolute atomic E-state index is 0.0132. The summed E-state index contributed by atoms with van der Waals surface area (Å²) in [5, 5.41) is 10.9. The Bertz CT molecular complexity index is 601. The summed E-state index contributed by atoms with van der Waals surface area (Å²) >= 11 is 0. The van der Waals surface area contributed by atoms with Crippen LogP contribution in [0.2, 0.25) is 0 Å². The number of unbranched alkanes of at least 4 members (excludes halogenated alkanes) is 2. The number of hydrogen-bond acceptors (Lipinski definition) is 5. The Labute approximate surface area is 148 Å². The first-order chi connectivity index (χ1) is 12.0. The van der Waals surface area contributed by atoms with E-state index in [0.29, 0.717) is 31.3 Å². The lowest BCUT2D eigenvalue weighted by Gasteiger charge is -2.19. The van der Waals surface area contributed by atoms with Crippen molar-refractivity contribution in [1.29, 1.82) is 0 Å². The molecule has 1 fully saturated rings. The highest BCUT2D eigenvalue weighted by Gasteiger charge is 2.30. The molecule has 1 atom stereocenters. The van der Waals surface area contributed by atoms with Crippen LogP contribution in [0.3, 0.4) is 0 Å². The van der Waals surface area contributed by atoms with Gasteiger partial charge in [-0.25, -0.2) is 0 Å². The van der Waals surface area contributed by atoms with Gasteiger partial charge in [-0.05, 0) is 31.0 Å².